The molecule has 0 unspecified atom stereocenters. The van der Waals surface area contributed by atoms with Crippen molar-refractivity contribution in [3.05, 3.63) is 45.4 Å². The van der Waals surface area contributed by atoms with Crippen LogP contribution in [0.3, 0.4) is 0 Å². The van der Waals surface area contributed by atoms with Crippen LogP contribution in [0, 0.1) is 6.92 Å². The van der Waals surface area contributed by atoms with Crippen LogP contribution in [-0.4, -0.2) is 4.98 Å². The summed E-state index contributed by atoms with van der Waals surface area (Å²) in [6.45, 7) is 6.48. The maximum atomic E-state index is 5.75. The van der Waals surface area contributed by atoms with Gasteiger partial charge in [0.1, 0.15) is 5.01 Å². The van der Waals surface area contributed by atoms with Gasteiger partial charge in [-0.05, 0) is 36.6 Å². The van der Waals surface area contributed by atoms with Crippen molar-refractivity contribution in [3.8, 4) is 0 Å². The predicted octanol–water partition coefficient (Wildman–Crippen LogP) is 4.33. The first-order valence-electron chi connectivity index (χ1n) is 6.07. The molecular formula is C15H18N2S. The van der Waals surface area contributed by atoms with E-state index in [1.807, 2.05) is 24.3 Å². The average Bonchev–Trinajstić information content (AvgIpc) is 2.68. The van der Waals surface area contributed by atoms with Gasteiger partial charge >= 0.3 is 0 Å². The summed E-state index contributed by atoms with van der Waals surface area (Å²) in [7, 11) is 0. The van der Waals surface area contributed by atoms with Crippen molar-refractivity contribution < 1.29 is 0 Å². The Morgan fingerprint density at radius 1 is 1.28 bits per heavy atom. The standard InChI is InChI=1S/C15H18N2S/c1-10(2)15-11(3)18-14(17-15)8-7-12-5-4-6-13(16)9-12/h4-10H,16H2,1-3H3/b8-7+. The Balaban J connectivity index is 2.21. The molecule has 0 fully saturated rings. The molecule has 1 aromatic carbocycles. The van der Waals surface area contributed by atoms with Gasteiger partial charge in [-0.1, -0.05) is 32.1 Å². The maximum Gasteiger partial charge on any atom is 0.116 e. The highest BCUT2D eigenvalue weighted by atomic mass is 32.1. The predicted molar refractivity (Wildman–Crippen MR) is 80.7 cm³/mol. The molecule has 0 aliphatic heterocycles. The molecule has 0 saturated carbocycles. The molecular weight excluding hydrogens is 240 g/mol. The molecule has 2 N–H and O–H groups in total. The van der Waals surface area contributed by atoms with Gasteiger partial charge in [0.05, 0.1) is 5.69 Å². The first kappa shape index (κ1) is 12.8. The fourth-order valence-corrected chi connectivity index (χ4v) is 2.85. The van der Waals surface area contributed by atoms with Crippen molar-refractivity contribution >= 4 is 29.2 Å². The van der Waals surface area contributed by atoms with Gasteiger partial charge in [-0.25, -0.2) is 4.98 Å². The Morgan fingerprint density at radius 3 is 2.67 bits per heavy atom. The molecule has 1 heterocycles. The minimum absolute atomic E-state index is 0.482. The van der Waals surface area contributed by atoms with Crippen LogP contribution in [0.2, 0.25) is 0 Å². The number of aromatic nitrogens is 1. The first-order chi connectivity index (χ1) is 8.56. The van der Waals surface area contributed by atoms with Crippen LogP contribution < -0.4 is 5.73 Å². The number of hydrogen-bond donors (Lipinski definition) is 1. The van der Waals surface area contributed by atoms with E-state index in [0.29, 0.717) is 5.92 Å². The van der Waals surface area contributed by atoms with Gasteiger partial charge in [-0.3, -0.25) is 0 Å². The zero-order chi connectivity index (χ0) is 13.1. The minimum atomic E-state index is 0.482. The third-order valence-corrected chi connectivity index (χ3v) is 3.68. The van der Waals surface area contributed by atoms with Gasteiger partial charge in [0, 0.05) is 10.6 Å². The Kier molecular flexibility index (Phi) is 3.82. The lowest BCUT2D eigenvalue weighted by Gasteiger charge is -1.99. The van der Waals surface area contributed by atoms with Gasteiger partial charge < -0.3 is 5.73 Å². The molecule has 2 aromatic rings. The number of nitrogen functional groups attached to an aromatic ring is 1. The zero-order valence-electron chi connectivity index (χ0n) is 11.0. The topological polar surface area (TPSA) is 38.9 Å². The Labute approximate surface area is 112 Å². The monoisotopic (exact) mass is 258 g/mol. The molecule has 3 heteroatoms. The molecule has 0 radical (unpaired) electrons. The summed E-state index contributed by atoms with van der Waals surface area (Å²) < 4.78 is 0. The zero-order valence-corrected chi connectivity index (χ0v) is 11.8. The second-order valence-corrected chi connectivity index (χ2v) is 5.89. The normalized spacial score (nSPS) is 11.6. The molecule has 94 valence electrons. The fraction of sp³-hybridized carbons (Fsp3) is 0.267. The summed E-state index contributed by atoms with van der Waals surface area (Å²) in [5.74, 6) is 0.482. The van der Waals surface area contributed by atoms with Crippen LogP contribution in [-0.2, 0) is 0 Å². The molecule has 2 nitrogen and oxygen atoms in total. The lowest BCUT2D eigenvalue weighted by Crippen LogP contribution is -1.89. The number of benzene rings is 1. The number of nitrogens with zero attached hydrogens (tertiary/aromatic N) is 1. The number of rotatable bonds is 3. The van der Waals surface area contributed by atoms with Gasteiger partial charge in [0.25, 0.3) is 0 Å². The van der Waals surface area contributed by atoms with Crippen LogP contribution in [0.15, 0.2) is 24.3 Å². The van der Waals surface area contributed by atoms with Crippen molar-refractivity contribution in [2.45, 2.75) is 26.7 Å². The van der Waals surface area contributed by atoms with E-state index in [-0.39, 0.29) is 0 Å². The van der Waals surface area contributed by atoms with Crippen LogP contribution in [0.1, 0.15) is 40.9 Å². The molecule has 2 rings (SSSR count). The highest BCUT2D eigenvalue weighted by Crippen LogP contribution is 2.25. The van der Waals surface area contributed by atoms with E-state index in [0.717, 1.165) is 16.3 Å². The van der Waals surface area contributed by atoms with Crippen molar-refractivity contribution in [2.24, 2.45) is 0 Å². The number of anilines is 1. The Hall–Kier alpha value is -1.61. The second kappa shape index (κ2) is 5.36. The lowest BCUT2D eigenvalue weighted by molar-refractivity contribution is 0.824. The Bertz CT molecular complexity index is 568. The molecule has 1 aromatic heterocycles. The molecule has 18 heavy (non-hydrogen) atoms. The lowest BCUT2D eigenvalue weighted by atomic mass is 10.1. The SMILES string of the molecule is Cc1sc(/C=C/c2cccc(N)c2)nc1C(C)C. The quantitative estimate of drug-likeness (QED) is 0.832. The third kappa shape index (κ3) is 2.99. The highest BCUT2D eigenvalue weighted by molar-refractivity contribution is 7.12. The fourth-order valence-electron chi connectivity index (χ4n) is 1.87. The molecule has 0 aliphatic rings. The third-order valence-electron chi connectivity index (χ3n) is 2.72. The molecule has 0 bridgehead atoms. The van der Waals surface area contributed by atoms with E-state index in [9.17, 15) is 0 Å². The maximum absolute atomic E-state index is 5.75. The summed E-state index contributed by atoms with van der Waals surface area (Å²) in [5, 5.41) is 1.05. The van der Waals surface area contributed by atoms with Crippen molar-refractivity contribution in [2.75, 3.05) is 5.73 Å². The molecule has 0 aliphatic carbocycles. The van der Waals surface area contributed by atoms with E-state index >= 15 is 0 Å². The highest BCUT2D eigenvalue weighted by Gasteiger charge is 2.08. The number of aryl methyl sites for hydroxylation is 1. The van der Waals surface area contributed by atoms with E-state index in [1.165, 1.54) is 10.6 Å². The van der Waals surface area contributed by atoms with E-state index in [2.05, 4.69) is 37.9 Å². The van der Waals surface area contributed by atoms with E-state index in [1.54, 1.807) is 11.3 Å². The molecule has 0 atom stereocenters. The minimum Gasteiger partial charge on any atom is -0.399 e. The summed E-state index contributed by atoms with van der Waals surface area (Å²) in [6.07, 6.45) is 4.11. The molecule has 0 saturated heterocycles. The van der Waals surface area contributed by atoms with E-state index < -0.39 is 0 Å². The van der Waals surface area contributed by atoms with E-state index in [4.69, 9.17) is 5.73 Å². The van der Waals surface area contributed by atoms with Gasteiger partial charge in [-0.2, -0.15) is 0 Å². The Morgan fingerprint density at radius 2 is 2.06 bits per heavy atom. The first-order valence-corrected chi connectivity index (χ1v) is 6.89. The second-order valence-electron chi connectivity index (χ2n) is 4.65. The van der Waals surface area contributed by atoms with Crippen LogP contribution in [0.25, 0.3) is 12.2 Å². The number of thiazole rings is 1. The van der Waals surface area contributed by atoms with Crippen LogP contribution >= 0.6 is 11.3 Å². The number of hydrogen-bond acceptors (Lipinski definition) is 3. The smallest absolute Gasteiger partial charge is 0.116 e. The summed E-state index contributed by atoms with van der Waals surface area (Å²) in [5.41, 5.74) is 8.84. The van der Waals surface area contributed by atoms with Gasteiger partial charge in [-0.15, -0.1) is 11.3 Å². The van der Waals surface area contributed by atoms with Crippen LogP contribution in [0.4, 0.5) is 5.69 Å². The molecule has 0 amide bonds. The largest absolute Gasteiger partial charge is 0.399 e. The number of nitrogens with two attached hydrogens (primary N) is 1. The summed E-state index contributed by atoms with van der Waals surface area (Å²) in [4.78, 5) is 5.95. The van der Waals surface area contributed by atoms with Crippen molar-refractivity contribution in [1.82, 2.24) is 4.98 Å². The summed E-state index contributed by atoms with van der Waals surface area (Å²) >= 11 is 1.74. The van der Waals surface area contributed by atoms with Crippen LogP contribution in [0.5, 0.6) is 0 Å². The van der Waals surface area contributed by atoms with Gasteiger partial charge in [0.15, 0.2) is 0 Å². The molecule has 0 spiro atoms. The van der Waals surface area contributed by atoms with Gasteiger partial charge in [0.2, 0.25) is 0 Å². The van der Waals surface area contributed by atoms with Crippen molar-refractivity contribution in [3.63, 3.8) is 0 Å². The van der Waals surface area contributed by atoms with Crippen molar-refractivity contribution in [1.29, 1.82) is 0 Å². The average molecular weight is 258 g/mol. The summed E-state index contributed by atoms with van der Waals surface area (Å²) in [6, 6.07) is 7.85.